The Hall–Kier alpha value is -2.17. The number of ether oxygens (including phenoxy) is 2. The molecular weight excluding hydrogens is 362 g/mol. The summed E-state index contributed by atoms with van der Waals surface area (Å²) in [4.78, 5) is 15.4. The van der Waals surface area contributed by atoms with Crippen LogP contribution in [0.2, 0.25) is 0 Å². The highest BCUT2D eigenvalue weighted by atomic mass is 16.6. The Balaban J connectivity index is 1.74. The van der Waals surface area contributed by atoms with E-state index in [9.17, 15) is 4.79 Å². The van der Waals surface area contributed by atoms with Crippen molar-refractivity contribution >= 4 is 5.97 Å². The van der Waals surface area contributed by atoms with Gasteiger partial charge in [-0.3, -0.25) is 0 Å². The van der Waals surface area contributed by atoms with Crippen LogP contribution in [0.25, 0.3) is 0 Å². The van der Waals surface area contributed by atoms with E-state index in [-0.39, 0.29) is 18.0 Å². The number of aryl methyl sites for hydroxylation is 1. The van der Waals surface area contributed by atoms with Gasteiger partial charge in [-0.25, -0.2) is 4.79 Å². The molecule has 2 unspecified atom stereocenters. The number of nitrogens with zero attached hydrogens (tertiary/aromatic N) is 1. The van der Waals surface area contributed by atoms with E-state index < -0.39 is 6.10 Å². The Morgan fingerprint density at radius 1 is 1.03 bits per heavy atom. The van der Waals surface area contributed by atoms with Crippen molar-refractivity contribution in [3.05, 3.63) is 71.8 Å². The van der Waals surface area contributed by atoms with Crippen molar-refractivity contribution in [1.29, 1.82) is 0 Å². The van der Waals surface area contributed by atoms with Crippen molar-refractivity contribution in [1.82, 2.24) is 4.90 Å². The highest BCUT2D eigenvalue weighted by Gasteiger charge is 2.33. The number of piperidine rings is 1. The minimum Gasteiger partial charge on any atom is -0.460 e. The molecule has 0 aliphatic carbocycles. The second-order valence-corrected chi connectivity index (χ2v) is 7.86. The molecule has 1 heterocycles. The summed E-state index contributed by atoms with van der Waals surface area (Å²) in [5.74, 6) is -0.251. The van der Waals surface area contributed by atoms with E-state index in [4.69, 9.17) is 9.47 Å². The fraction of sp³-hybridized carbons (Fsp3) is 0.480. The Morgan fingerprint density at radius 3 is 2.28 bits per heavy atom. The zero-order chi connectivity index (χ0) is 20.5. The molecule has 1 aliphatic rings. The number of rotatable bonds is 9. The molecule has 2 atom stereocenters. The van der Waals surface area contributed by atoms with Crippen LogP contribution in [0.5, 0.6) is 0 Å². The summed E-state index contributed by atoms with van der Waals surface area (Å²) >= 11 is 0. The number of carbonyl (C=O) groups excluding carboxylic acids is 1. The fourth-order valence-electron chi connectivity index (χ4n) is 4.02. The van der Waals surface area contributed by atoms with E-state index >= 15 is 0 Å². The average molecular weight is 396 g/mol. The second-order valence-electron chi connectivity index (χ2n) is 7.86. The predicted octanol–water partition coefficient (Wildman–Crippen LogP) is 4.45. The van der Waals surface area contributed by atoms with E-state index in [1.807, 2.05) is 31.2 Å². The lowest BCUT2D eigenvalue weighted by Crippen LogP contribution is -2.40. The van der Waals surface area contributed by atoms with Crippen LogP contribution >= 0.6 is 0 Å². The van der Waals surface area contributed by atoms with Crippen molar-refractivity contribution in [2.75, 3.05) is 26.7 Å². The van der Waals surface area contributed by atoms with Gasteiger partial charge in [0.25, 0.3) is 0 Å². The van der Waals surface area contributed by atoms with Crippen molar-refractivity contribution in [2.24, 2.45) is 0 Å². The number of esters is 1. The molecule has 0 spiro atoms. The van der Waals surface area contributed by atoms with Crippen LogP contribution in [-0.2, 0) is 20.7 Å². The molecule has 1 aliphatic heterocycles. The van der Waals surface area contributed by atoms with Gasteiger partial charge in [0.2, 0.25) is 0 Å². The van der Waals surface area contributed by atoms with Crippen LogP contribution in [0.3, 0.4) is 0 Å². The normalized spacial score (nSPS) is 17.6. The van der Waals surface area contributed by atoms with Gasteiger partial charge in [-0.05, 0) is 50.8 Å². The van der Waals surface area contributed by atoms with E-state index in [1.54, 1.807) is 0 Å². The number of hydrogen-bond acceptors (Lipinski definition) is 4. The van der Waals surface area contributed by atoms with E-state index in [1.165, 1.54) is 5.56 Å². The van der Waals surface area contributed by atoms with Gasteiger partial charge in [0.05, 0.1) is 0 Å². The molecule has 4 nitrogen and oxygen atoms in total. The highest BCUT2D eigenvalue weighted by Crippen LogP contribution is 2.29. The molecule has 0 saturated carbocycles. The maximum atomic E-state index is 13.1. The van der Waals surface area contributed by atoms with E-state index in [0.29, 0.717) is 6.61 Å². The van der Waals surface area contributed by atoms with Crippen LogP contribution in [0, 0.1) is 0 Å². The zero-order valence-corrected chi connectivity index (χ0v) is 17.6. The first-order valence-electron chi connectivity index (χ1n) is 10.8. The number of likely N-dealkylation sites (tertiary alicyclic amines) is 1. The zero-order valence-electron chi connectivity index (χ0n) is 17.6. The maximum absolute atomic E-state index is 13.1. The van der Waals surface area contributed by atoms with Crippen molar-refractivity contribution in [2.45, 2.75) is 50.7 Å². The predicted molar refractivity (Wildman–Crippen MR) is 116 cm³/mol. The summed E-state index contributed by atoms with van der Waals surface area (Å²) in [6, 6.07) is 20.6. The van der Waals surface area contributed by atoms with Gasteiger partial charge >= 0.3 is 5.97 Å². The number of benzene rings is 2. The minimum absolute atomic E-state index is 0.00722. The SMILES string of the molecule is CCOC(C(=O)OC1CCN(C)CC1)C(CCc1ccccc1)c1ccccc1. The first kappa shape index (κ1) is 21.5. The third-order valence-electron chi connectivity index (χ3n) is 5.71. The lowest BCUT2D eigenvalue weighted by molar-refractivity contribution is -0.166. The van der Waals surface area contributed by atoms with Gasteiger partial charge < -0.3 is 14.4 Å². The molecule has 1 fully saturated rings. The Kier molecular flexibility index (Phi) is 8.26. The summed E-state index contributed by atoms with van der Waals surface area (Å²) in [5, 5.41) is 0. The largest absolute Gasteiger partial charge is 0.460 e. The summed E-state index contributed by atoms with van der Waals surface area (Å²) in [7, 11) is 2.11. The molecular formula is C25H33NO3. The van der Waals surface area contributed by atoms with E-state index in [2.05, 4.69) is 48.3 Å². The monoisotopic (exact) mass is 395 g/mol. The quantitative estimate of drug-likeness (QED) is 0.588. The first-order valence-corrected chi connectivity index (χ1v) is 10.8. The van der Waals surface area contributed by atoms with Gasteiger partial charge in [-0.1, -0.05) is 60.7 Å². The Labute approximate surface area is 174 Å². The van der Waals surface area contributed by atoms with Crippen LogP contribution in [0.1, 0.15) is 43.2 Å². The molecule has 3 rings (SSSR count). The van der Waals surface area contributed by atoms with Crippen molar-refractivity contribution in [3.8, 4) is 0 Å². The lowest BCUT2D eigenvalue weighted by atomic mass is 9.87. The Morgan fingerprint density at radius 2 is 1.66 bits per heavy atom. The third kappa shape index (κ3) is 6.41. The summed E-state index contributed by atoms with van der Waals surface area (Å²) < 4.78 is 11.9. The molecule has 2 aromatic rings. The second kappa shape index (κ2) is 11.1. The molecule has 0 radical (unpaired) electrons. The summed E-state index contributed by atoms with van der Waals surface area (Å²) in [5.41, 5.74) is 2.40. The topological polar surface area (TPSA) is 38.8 Å². The smallest absolute Gasteiger partial charge is 0.336 e. The lowest BCUT2D eigenvalue weighted by Gasteiger charge is -2.31. The van der Waals surface area contributed by atoms with Crippen molar-refractivity contribution < 1.29 is 14.3 Å². The number of carbonyl (C=O) groups is 1. The summed E-state index contributed by atoms with van der Waals surface area (Å²) in [6.45, 7) is 4.36. The molecule has 0 bridgehead atoms. The van der Waals surface area contributed by atoms with Gasteiger partial charge in [-0.2, -0.15) is 0 Å². The van der Waals surface area contributed by atoms with Gasteiger partial charge in [-0.15, -0.1) is 0 Å². The van der Waals surface area contributed by atoms with Gasteiger partial charge in [0.1, 0.15) is 6.10 Å². The average Bonchev–Trinajstić information content (AvgIpc) is 2.76. The third-order valence-corrected chi connectivity index (χ3v) is 5.71. The molecule has 156 valence electrons. The van der Waals surface area contributed by atoms with Crippen LogP contribution in [0.4, 0.5) is 0 Å². The first-order chi connectivity index (χ1) is 14.2. The molecule has 4 heteroatoms. The molecule has 0 aromatic heterocycles. The molecule has 0 N–H and O–H groups in total. The molecule has 29 heavy (non-hydrogen) atoms. The highest BCUT2D eigenvalue weighted by molar-refractivity contribution is 5.76. The molecule has 0 amide bonds. The number of hydrogen-bond donors (Lipinski definition) is 0. The van der Waals surface area contributed by atoms with Crippen LogP contribution in [0.15, 0.2) is 60.7 Å². The molecule has 1 saturated heterocycles. The van der Waals surface area contributed by atoms with Gasteiger partial charge in [0.15, 0.2) is 6.10 Å². The maximum Gasteiger partial charge on any atom is 0.336 e. The standard InChI is InChI=1S/C25H33NO3/c1-3-28-24(25(27)29-22-16-18-26(2)19-17-22)23(21-12-8-5-9-13-21)15-14-20-10-6-4-7-11-20/h4-13,22-24H,3,14-19H2,1-2H3. The van der Waals surface area contributed by atoms with Crippen LogP contribution < -0.4 is 0 Å². The summed E-state index contributed by atoms with van der Waals surface area (Å²) in [6.07, 6.45) is 2.92. The van der Waals surface area contributed by atoms with Crippen molar-refractivity contribution in [3.63, 3.8) is 0 Å². The minimum atomic E-state index is -0.578. The van der Waals surface area contributed by atoms with Gasteiger partial charge in [0, 0.05) is 25.6 Å². The molecule has 2 aromatic carbocycles. The fourth-order valence-corrected chi connectivity index (χ4v) is 4.02. The Bertz CT molecular complexity index is 726. The van der Waals surface area contributed by atoms with Crippen LogP contribution in [-0.4, -0.2) is 49.8 Å². The van der Waals surface area contributed by atoms with E-state index in [0.717, 1.165) is 44.3 Å².